The predicted molar refractivity (Wildman–Crippen MR) is 209 cm³/mol. The van der Waals surface area contributed by atoms with Gasteiger partial charge in [-0.3, -0.25) is 9.59 Å². The van der Waals surface area contributed by atoms with E-state index in [0.717, 1.165) is 34.5 Å². The lowest BCUT2D eigenvalue weighted by Gasteiger charge is -2.41. The molecule has 6 rings (SSSR count). The number of para-hydroxylation sites is 1. The van der Waals surface area contributed by atoms with E-state index in [0.29, 0.717) is 50.2 Å². The Labute approximate surface area is 318 Å². The molecule has 2 aliphatic rings. The molecule has 2 N–H and O–H groups in total. The van der Waals surface area contributed by atoms with E-state index in [1.54, 1.807) is 12.1 Å². The van der Waals surface area contributed by atoms with Crippen LogP contribution in [0.5, 0.6) is 0 Å². The van der Waals surface area contributed by atoms with Crippen molar-refractivity contribution in [3.05, 3.63) is 102 Å². The van der Waals surface area contributed by atoms with E-state index in [4.69, 9.17) is 18.9 Å². The Kier molecular flexibility index (Phi) is 12.4. The lowest BCUT2D eigenvalue weighted by molar-refractivity contribution is -0.300. The van der Waals surface area contributed by atoms with Crippen molar-refractivity contribution in [3.63, 3.8) is 0 Å². The van der Waals surface area contributed by atoms with Gasteiger partial charge >= 0.3 is 0 Å². The maximum Gasteiger partial charge on any atom is 0.258 e. The average molecular weight is 740 g/mol. The van der Waals surface area contributed by atoms with E-state index < -0.39 is 11.6 Å². The van der Waals surface area contributed by atoms with Crippen LogP contribution in [0.2, 0.25) is 0 Å². The molecule has 3 atom stereocenters. The first kappa shape index (κ1) is 39.3. The number of hydrogen-bond donors (Lipinski definition) is 2. The van der Waals surface area contributed by atoms with Gasteiger partial charge in [0.15, 0.2) is 11.6 Å². The minimum Gasteiger partial charge on any atom is -0.356 e. The van der Waals surface area contributed by atoms with Crippen LogP contribution in [0.4, 0.5) is 10.1 Å². The Morgan fingerprint density at radius 2 is 1.46 bits per heavy atom. The molecule has 2 amide bonds. The highest BCUT2D eigenvalue weighted by Crippen LogP contribution is 2.43. The lowest BCUT2D eigenvalue weighted by atomic mass is 9.94. The molecule has 288 valence electrons. The number of halogens is 1. The second-order valence-electron chi connectivity index (χ2n) is 15.5. The van der Waals surface area contributed by atoms with Crippen LogP contribution in [0.15, 0.2) is 84.9 Å². The minimum atomic E-state index is -0.900. The van der Waals surface area contributed by atoms with Gasteiger partial charge in [0.1, 0.15) is 5.82 Å². The van der Waals surface area contributed by atoms with Crippen molar-refractivity contribution in [1.29, 1.82) is 0 Å². The van der Waals surface area contributed by atoms with Crippen LogP contribution in [0, 0.1) is 5.82 Å². The van der Waals surface area contributed by atoms with Gasteiger partial charge in [0.05, 0.1) is 42.6 Å². The number of nitrogens with one attached hydrogen (secondary N) is 2. The second-order valence-corrected chi connectivity index (χ2v) is 15.5. The first-order chi connectivity index (χ1) is 25.8. The van der Waals surface area contributed by atoms with Crippen molar-refractivity contribution in [3.8, 4) is 22.4 Å². The van der Waals surface area contributed by atoms with Gasteiger partial charge in [-0.15, -0.1) is 0 Å². The van der Waals surface area contributed by atoms with Gasteiger partial charge in [-0.25, -0.2) is 4.39 Å². The van der Waals surface area contributed by atoms with Crippen LogP contribution < -0.4 is 10.6 Å². The molecule has 4 aromatic rings. The van der Waals surface area contributed by atoms with Crippen molar-refractivity contribution in [2.75, 3.05) is 18.5 Å². The van der Waals surface area contributed by atoms with Crippen molar-refractivity contribution >= 4 is 17.5 Å². The SMILES string of the molecule is CC(C)c1c(C(=O)Nc2ccccc2)c(-c2ccccc2)c(-c2ccc(F)cc2)n1CCC1CC(CC(=O)NCCC2CCOC(C)(C)O2)OC(C)(C)O1. The van der Waals surface area contributed by atoms with Crippen LogP contribution >= 0.6 is 0 Å². The normalized spacial score (nSPS) is 20.8. The third-order valence-corrected chi connectivity index (χ3v) is 9.93. The number of carbonyl (C=O) groups is 2. The fourth-order valence-electron chi connectivity index (χ4n) is 7.79. The quantitative estimate of drug-likeness (QED) is 0.142. The van der Waals surface area contributed by atoms with Gasteiger partial charge in [-0.1, -0.05) is 62.4 Å². The number of nitrogens with zero attached hydrogens (tertiary/aromatic N) is 1. The third-order valence-electron chi connectivity index (χ3n) is 9.93. The minimum absolute atomic E-state index is 0.0354. The molecule has 0 saturated carbocycles. The summed E-state index contributed by atoms with van der Waals surface area (Å²) in [5.41, 5.74) is 5.46. The Hall–Kier alpha value is -4.35. The molecular weight excluding hydrogens is 685 g/mol. The molecule has 2 fully saturated rings. The van der Waals surface area contributed by atoms with Crippen LogP contribution in [0.1, 0.15) is 95.6 Å². The number of carbonyl (C=O) groups excluding carboxylic acids is 2. The van der Waals surface area contributed by atoms with Crippen molar-refractivity contribution < 1.29 is 32.9 Å². The van der Waals surface area contributed by atoms with E-state index in [-0.39, 0.29) is 48.3 Å². The number of aromatic nitrogens is 1. The summed E-state index contributed by atoms with van der Waals surface area (Å²) < 4.78 is 40.9. The topological polar surface area (TPSA) is 100 Å². The molecule has 3 unspecified atom stereocenters. The summed E-state index contributed by atoms with van der Waals surface area (Å²) in [5, 5.41) is 6.19. The number of ether oxygens (including phenoxy) is 4. The van der Waals surface area contributed by atoms with E-state index in [2.05, 4.69) is 29.0 Å². The van der Waals surface area contributed by atoms with Gasteiger partial charge in [0, 0.05) is 36.5 Å². The zero-order valence-electron chi connectivity index (χ0n) is 32.3. The molecule has 2 aliphatic heterocycles. The molecule has 54 heavy (non-hydrogen) atoms. The maximum atomic E-state index is 14.4. The van der Waals surface area contributed by atoms with E-state index in [9.17, 15) is 14.0 Å². The van der Waals surface area contributed by atoms with Crippen LogP contribution in [0.25, 0.3) is 22.4 Å². The van der Waals surface area contributed by atoms with Gasteiger partial charge in [0.2, 0.25) is 5.91 Å². The summed E-state index contributed by atoms with van der Waals surface area (Å²) in [7, 11) is 0. The zero-order chi connectivity index (χ0) is 38.5. The Morgan fingerprint density at radius 1 is 0.815 bits per heavy atom. The van der Waals surface area contributed by atoms with Gasteiger partial charge in [-0.2, -0.15) is 0 Å². The first-order valence-electron chi connectivity index (χ1n) is 19.2. The van der Waals surface area contributed by atoms with Crippen molar-refractivity contribution in [2.45, 2.75) is 116 Å². The summed E-state index contributed by atoms with van der Waals surface area (Å²) in [5.74, 6) is -2.18. The summed E-state index contributed by atoms with van der Waals surface area (Å²) in [6.45, 7) is 13.4. The molecule has 0 spiro atoms. The fraction of sp³-hybridized carbons (Fsp3) is 0.455. The standard InChI is InChI=1S/C44H54FN3O6/c1-29(2)40-39(42(50)47-33-15-11-8-12-16-33)38(30-13-9-7-10-14-30)41(31-17-19-32(45)20-18-31)48(40)25-22-35-27-36(54-44(5,6)53-35)28-37(49)46-24-21-34-23-26-51-43(3,4)52-34/h7-20,29,34-36H,21-28H2,1-6H3,(H,46,49)(H,47,50). The number of anilines is 1. The Bertz CT molecular complexity index is 1870. The largest absolute Gasteiger partial charge is 0.356 e. The molecule has 3 aromatic carbocycles. The smallest absolute Gasteiger partial charge is 0.258 e. The molecule has 3 heterocycles. The Morgan fingerprint density at radius 3 is 2.13 bits per heavy atom. The molecule has 0 bridgehead atoms. The van der Waals surface area contributed by atoms with Crippen LogP contribution in [-0.2, 0) is 30.3 Å². The predicted octanol–water partition coefficient (Wildman–Crippen LogP) is 9.08. The van der Waals surface area contributed by atoms with Gasteiger partial charge < -0.3 is 34.1 Å². The molecule has 1 aromatic heterocycles. The van der Waals surface area contributed by atoms with Crippen LogP contribution in [-0.4, -0.2) is 59.4 Å². The third kappa shape index (κ3) is 9.84. The summed E-state index contributed by atoms with van der Waals surface area (Å²) in [6.07, 6.45) is 2.32. The number of benzene rings is 3. The van der Waals surface area contributed by atoms with Gasteiger partial charge in [0.25, 0.3) is 5.91 Å². The first-order valence-corrected chi connectivity index (χ1v) is 19.2. The second kappa shape index (κ2) is 17.0. The Balaban J connectivity index is 1.27. The number of rotatable bonds is 13. The summed E-state index contributed by atoms with van der Waals surface area (Å²) >= 11 is 0. The molecule has 2 saturated heterocycles. The average Bonchev–Trinajstić information content (AvgIpc) is 3.46. The van der Waals surface area contributed by atoms with Gasteiger partial charge in [-0.05, 0) is 100 Å². The highest BCUT2D eigenvalue weighted by atomic mass is 19.1. The van der Waals surface area contributed by atoms with E-state index in [1.807, 2.05) is 88.4 Å². The summed E-state index contributed by atoms with van der Waals surface area (Å²) in [4.78, 5) is 27.6. The molecular formula is C44H54FN3O6. The molecule has 10 heteroatoms. The lowest BCUT2D eigenvalue weighted by Crippen LogP contribution is -2.46. The highest BCUT2D eigenvalue weighted by Gasteiger charge is 2.37. The fourth-order valence-corrected chi connectivity index (χ4v) is 7.79. The molecule has 0 aliphatic carbocycles. The summed E-state index contributed by atoms with van der Waals surface area (Å²) in [6, 6.07) is 25.8. The van der Waals surface area contributed by atoms with Crippen LogP contribution in [0.3, 0.4) is 0 Å². The van der Waals surface area contributed by atoms with Crippen molar-refractivity contribution in [2.24, 2.45) is 0 Å². The van der Waals surface area contributed by atoms with E-state index >= 15 is 0 Å². The zero-order valence-corrected chi connectivity index (χ0v) is 32.3. The molecule has 9 nitrogen and oxygen atoms in total. The van der Waals surface area contributed by atoms with Crippen molar-refractivity contribution in [1.82, 2.24) is 9.88 Å². The number of hydrogen-bond acceptors (Lipinski definition) is 6. The van der Waals surface area contributed by atoms with E-state index in [1.165, 1.54) is 12.1 Å². The highest BCUT2D eigenvalue weighted by molar-refractivity contribution is 6.12. The maximum absolute atomic E-state index is 14.4. The number of amides is 2. The monoisotopic (exact) mass is 739 g/mol. The molecule has 0 radical (unpaired) electrons.